The Kier molecular flexibility index (Phi) is 11.9. The number of carbonyl (C=O) groups excluding carboxylic acids is 4. The van der Waals surface area contributed by atoms with E-state index in [9.17, 15) is 24.3 Å². The highest BCUT2D eigenvalue weighted by Crippen LogP contribution is 2.38. The number of halogens is 2. The minimum Gasteiger partial charge on any atom is -0.506 e. The minimum atomic E-state index is -1.36. The van der Waals surface area contributed by atoms with Crippen molar-refractivity contribution in [2.75, 3.05) is 6.61 Å². The molecule has 244 valence electrons. The zero-order valence-electron chi connectivity index (χ0n) is 24.8. The normalized spacial score (nSPS) is 21.0. The first-order valence-corrected chi connectivity index (χ1v) is 16.0. The molecule has 1 aliphatic rings. The van der Waals surface area contributed by atoms with Gasteiger partial charge in [0.25, 0.3) is 0 Å². The molecule has 0 aliphatic carbocycles. The summed E-state index contributed by atoms with van der Waals surface area (Å²) in [6, 6.07) is 12.4. The lowest BCUT2D eigenvalue weighted by atomic mass is 9.99. The maximum absolute atomic E-state index is 12.3. The summed E-state index contributed by atoms with van der Waals surface area (Å²) in [7, 11) is 0. The van der Waals surface area contributed by atoms with E-state index in [1.165, 1.54) is 17.8 Å². The van der Waals surface area contributed by atoms with Crippen molar-refractivity contribution in [1.29, 1.82) is 0 Å². The Balaban J connectivity index is 1.81. The Bertz CT molecular complexity index is 1640. The van der Waals surface area contributed by atoms with Crippen molar-refractivity contribution in [2.45, 2.75) is 62.7 Å². The highest BCUT2D eigenvalue weighted by atomic mass is 79.9. The van der Waals surface area contributed by atoms with Crippen LogP contribution in [0.2, 0.25) is 0 Å². The van der Waals surface area contributed by atoms with Crippen LogP contribution >= 0.6 is 43.6 Å². The van der Waals surface area contributed by atoms with Gasteiger partial charge in [0.2, 0.25) is 5.16 Å². The molecule has 0 spiro atoms. The van der Waals surface area contributed by atoms with Gasteiger partial charge in [-0.3, -0.25) is 19.2 Å². The summed E-state index contributed by atoms with van der Waals surface area (Å²) < 4.78 is 30.4. The molecule has 0 radical (unpaired) electrons. The van der Waals surface area contributed by atoms with Crippen molar-refractivity contribution in [1.82, 2.24) is 14.9 Å². The van der Waals surface area contributed by atoms with Gasteiger partial charge in [0.1, 0.15) is 18.5 Å². The molecule has 1 N–H and O–H groups in total. The zero-order chi connectivity index (χ0) is 33.5. The second-order valence-corrected chi connectivity index (χ2v) is 12.6. The first kappa shape index (κ1) is 35.1. The molecule has 1 fully saturated rings. The van der Waals surface area contributed by atoms with Crippen LogP contribution in [-0.4, -0.2) is 86.5 Å². The first-order valence-electron chi connectivity index (χ1n) is 13.5. The summed E-state index contributed by atoms with van der Waals surface area (Å²) in [5, 5.41) is 23.9. The number of phenols is 1. The van der Waals surface area contributed by atoms with Crippen LogP contribution in [0.4, 0.5) is 0 Å². The van der Waals surface area contributed by atoms with Crippen LogP contribution in [0.1, 0.15) is 33.3 Å². The summed E-state index contributed by atoms with van der Waals surface area (Å²) >= 11 is 7.62. The predicted molar refractivity (Wildman–Crippen MR) is 170 cm³/mol. The molecule has 1 aromatic heterocycles. The predicted octanol–water partition coefficient (Wildman–Crippen LogP) is 4.23. The summed E-state index contributed by atoms with van der Waals surface area (Å²) in [6.45, 7) is 4.24. The van der Waals surface area contributed by atoms with Crippen LogP contribution in [0, 0.1) is 0 Å². The van der Waals surface area contributed by atoms with Gasteiger partial charge in [0, 0.05) is 43.3 Å². The van der Waals surface area contributed by atoms with Gasteiger partial charge in [0.05, 0.1) is 10.7 Å². The van der Waals surface area contributed by atoms with Gasteiger partial charge in [-0.15, -0.1) is 10.2 Å². The second kappa shape index (κ2) is 15.7. The molecule has 0 amide bonds. The number of carbonyl (C=O) groups is 4. The van der Waals surface area contributed by atoms with Crippen LogP contribution < -0.4 is 0 Å². The smallest absolute Gasteiger partial charge is 0.303 e. The van der Waals surface area contributed by atoms with Crippen molar-refractivity contribution in [2.24, 2.45) is 5.10 Å². The molecule has 0 bridgehead atoms. The van der Waals surface area contributed by atoms with Gasteiger partial charge in [-0.2, -0.15) is 9.78 Å². The number of hydrogen-bond donors (Lipinski definition) is 1. The fourth-order valence-corrected chi connectivity index (χ4v) is 6.73. The van der Waals surface area contributed by atoms with Crippen LogP contribution in [-0.2, 0) is 42.9 Å². The van der Waals surface area contributed by atoms with Crippen molar-refractivity contribution in [3.05, 3.63) is 57.0 Å². The maximum Gasteiger partial charge on any atom is 0.303 e. The fraction of sp³-hybridized carbons (Fsp3) is 0.345. The third-order valence-electron chi connectivity index (χ3n) is 6.18. The van der Waals surface area contributed by atoms with E-state index in [0.717, 1.165) is 32.5 Å². The van der Waals surface area contributed by atoms with Crippen LogP contribution in [0.15, 0.2) is 61.7 Å². The average molecular weight is 784 g/mol. The molecule has 2 heterocycles. The largest absolute Gasteiger partial charge is 0.506 e. The van der Waals surface area contributed by atoms with Crippen LogP contribution in [0.25, 0.3) is 11.4 Å². The molecule has 4 rings (SSSR count). The van der Waals surface area contributed by atoms with Gasteiger partial charge in [-0.05, 0) is 39.8 Å². The Hall–Kier alpha value is -3.80. The lowest BCUT2D eigenvalue weighted by Crippen LogP contribution is -2.61. The topological polar surface area (TPSA) is 178 Å². The number of thioether (sulfide) groups is 1. The molecular formula is C29H28Br2N4O10S. The molecule has 0 saturated carbocycles. The zero-order valence-corrected chi connectivity index (χ0v) is 28.8. The molecular weight excluding hydrogens is 756 g/mol. The van der Waals surface area contributed by atoms with E-state index >= 15 is 0 Å². The van der Waals surface area contributed by atoms with E-state index in [4.69, 9.17) is 23.7 Å². The number of hydrogen-bond acceptors (Lipinski definition) is 14. The number of phenolic OH excluding ortho intramolecular Hbond substituents is 1. The molecule has 17 heteroatoms. The summed E-state index contributed by atoms with van der Waals surface area (Å²) in [6.07, 6.45) is -3.75. The molecule has 14 nitrogen and oxygen atoms in total. The molecule has 5 atom stereocenters. The van der Waals surface area contributed by atoms with E-state index in [1.54, 1.807) is 24.3 Å². The SMILES string of the molecule is CC(=O)OC[C@@H]1O[C@H](Sc2nnc(-c3ccccc3)n2/N=C/c2cc(Br)cc(Br)c2O)[C@@H](OC(C)=O)[C@H](OC(C)=O)[C@H]1OC(C)=O. The minimum absolute atomic E-state index is 0.0601. The summed E-state index contributed by atoms with van der Waals surface area (Å²) in [5.74, 6) is -2.61. The van der Waals surface area contributed by atoms with Gasteiger partial charge in [-0.25, -0.2) is 0 Å². The maximum atomic E-state index is 12.3. The van der Waals surface area contributed by atoms with E-state index < -0.39 is 53.7 Å². The molecule has 3 aromatic rings. The Labute approximate surface area is 284 Å². The number of aromatic hydroxyl groups is 1. The summed E-state index contributed by atoms with van der Waals surface area (Å²) in [4.78, 5) is 48.2. The van der Waals surface area contributed by atoms with E-state index in [0.29, 0.717) is 25.9 Å². The van der Waals surface area contributed by atoms with Crippen molar-refractivity contribution >= 4 is 73.7 Å². The number of ether oxygens (including phenoxy) is 5. The second-order valence-electron chi connectivity index (χ2n) is 9.74. The molecule has 0 unspecified atom stereocenters. The van der Waals surface area contributed by atoms with Crippen LogP contribution in [0.3, 0.4) is 0 Å². The van der Waals surface area contributed by atoms with Crippen molar-refractivity contribution in [3.63, 3.8) is 0 Å². The van der Waals surface area contributed by atoms with E-state index in [-0.39, 0.29) is 17.5 Å². The van der Waals surface area contributed by atoms with Gasteiger partial charge < -0.3 is 28.8 Å². The van der Waals surface area contributed by atoms with Crippen molar-refractivity contribution < 1.29 is 48.0 Å². The van der Waals surface area contributed by atoms with E-state index in [2.05, 4.69) is 47.2 Å². The molecule has 1 aliphatic heterocycles. The van der Waals surface area contributed by atoms with Crippen molar-refractivity contribution in [3.8, 4) is 17.1 Å². The quantitative estimate of drug-likeness (QED) is 0.176. The van der Waals surface area contributed by atoms with Gasteiger partial charge >= 0.3 is 23.9 Å². The number of nitrogens with zero attached hydrogens (tertiary/aromatic N) is 4. The number of rotatable bonds is 10. The van der Waals surface area contributed by atoms with Crippen LogP contribution in [0.5, 0.6) is 5.75 Å². The third-order valence-corrected chi connectivity index (χ3v) is 8.32. The highest BCUT2D eigenvalue weighted by Gasteiger charge is 2.53. The highest BCUT2D eigenvalue weighted by molar-refractivity contribution is 9.11. The van der Waals surface area contributed by atoms with Gasteiger partial charge in [0.15, 0.2) is 29.6 Å². The number of esters is 4. The molecule has 2 aromatic carbocycles. The standard InChI is InChI=1S/C29H28Br2N4O10S/c1-14(36)41-13-22-24(42-15(2)37)25(43-16(3)38)26(44-17(4)39)28(45-22)46-29-34-33-27(18-8-6-5-7-9-18)35(29)32-12-19-10-20(30)11-21(31)23(19)40/h5-12,22,24-26,28,40H,13H2,1-4H3/b32-12+/t22-,24-,25+,26-,28+/m0/s1. The first-order chi connectivity index (χ1) is 21.8. The number of benzene rings is 2. The Morgan fingerprint density at radius 1 is 0.935 bits per heavy atom. The molecule has 1 saturated heterocycles. The Morgan fingerprint density at radius 3 is 2.20 bits per heavy atom. The third kappa shape index (κ3) is 8.92. The van der Waals surface area contributed by atoms with Gasteiger partial charge in [-0.1, -0.05) is 46.3 Å². The Morgan fingerprint density at radius 2 is 1.57 bits per heavy atom. The average Bonchev–Trinajstić information content (AvgIpc) is 3.38. The lowest BCUT2D eigenvalue weighted by molar-refractivity contribution is -0.237. The fourth-order valence-electron chi connectivity index (χ4n) is 4.40. The summed E-state index contributed by atoms with van der Waals surface area (Å²) in [5.41, 5.74) is -0.159. The molecule has 46 heavy (non-hydrogen) atoms. The number of aromatic nitrogens is 3. The van der Waals surface area contributed by atoms with E-state index in [1.807, 2.05) is 18.2 Å². The monoisotopic (exact) mass is 782 g/mol. The lowest BCUT2D eigenvalue weighted by Gasteiger charge is -2.43.